The molecule has 2 N–H and O–H groups in total. The van der Waals surface area contributed by atoms with Crippen LogP contribution in [-0.2, 0) is 0 Å². The fourth-order valence-corrected chi connectivity index (χ4v) is 2.30. The predicted molar refractivity (Wildman–Crippen MR) is 79.9 cm³/mol. The van der Waals surface area contributed by atoms with Gasteiger partial charge in [0.25, 0.3) is 5.69 Å². The Balaban J connectivity index is 2.44. The Bertz CT molecular complexity index is 692. The molecule has 0 aromatic heterocycles. The second-order valence-electron chi connectivity index (χ2n) is 4.42. The molecule has 0 saturated heterocycles. The lowest BCUT2D eigenvalue weighted by Gasteiger charge is -2.14. The first-order valence-electron chi connectivity index (χ1n) is 6.06. The lowest BCUT2D eigenvalue weighted by Crippen LogP contribution is -2.07. The van der Waals surface area contributed by atoms with E-state index in [1.807, 2.05) is 0 Å². The van der Waals surface area contributed by atoms with Crippen LogP contribution in [-0.4, -0.2) is 4.92 Å². The molecule has 0 saturated carbocycles. The van der Waals surface area contributed by atoms with E-state index in [1.165, 1.54) is 30.3 Å². The van der Waals surface area contributed by atoms with Crippen molar-refractivity contribution in [2.24, 2.45) is 5.73 Å². The minimum atomic E-state index is -0.520. The Hall–Kier alpha value is -1.99. The van der Waals surface area contributed by atoms with Gasteiger partial charge in [0.05, 0.1) is 4.92 Å². The van der Waals surface area contributed by atoms with E-state index in [0.717, 1.165) is 0 Å². The van der Waals surface area contributed by atoms with E-state index in [0.29, 0.717) is 11.3 Å². The van der Waals surface area contributed by atoms with Crippen molar-refractivity contribution >= 4 is 21.6 Å². The Morgan fingerprint density at radius 1 is 1.33 bits per heavy atom. The lowest BCUT2D eigenvalue weighted by molar-refractivity contribution is -0.385. The van der Waals surface area contributed by atoms with Gasteiger partial charge in [-0.2, -0.15) is 0 Å². The van der Waals surface area contributed by atoms with Gasteiger partial charge in [-0.25, -0.2) is 4.39 Å². The maximum atomic E-state index is 13.3. The fraction of sp³-hybridized carbons (Fsp3) is 0.143. The van der Waals surface area contributed by atoms with Crippen molar-refractivity contribution in [3.8, 4) is 11.5 Å². The molecule has 0 aliphatic carbocycles. The van der Waals surface area contributed by atoms with Crippen LogP contribution in [0.5, 0.6) is 11.5 Å². The number of nitrogens with two attached hydrogens (primary N) is 1. The first-order chi connectivity index (χ1) is 9.90. The van der Waals surface area contributed by atoms with E-state index in [1.54, 1.807) is 13.0 Å². The largest absolute Gasteiger partial charge is 0.456 e. The van der Waals surface area contributed by atoms with E-state index >= 15 is 0 Å². The molecule has 0 aliphatic rings. The summed E-state index contributed by atoms with van der Waals surface area (Å²) in [7, 11) is 0. The molecule has 0 fully saturated rings. The van der Waals surface area contributed by atoms with Gasteiger partial charge in [0.15, 0.2) is 0 Å². The van der Waals surface area contributed by atoms with Gasteiger partial charge in [-0.05, 0) is 47.1 Å². The van der Waals surface area contributed by atoms with E-state index < -0.39 is 16.8 Å². The molecule has 2 rings (SSSR count). The van der Waals surface area contributed by atoms with Gasteiger partial charge in [-0.3, -0.25) is 10.1 Å². The van der Waals surface area contributed by atoms with Gasteiger partial charge in [-0.1, -0.05) is 6.07 Å². The molecule has 2 aromatic carbocycles. The standard InChI is InChI=1S/C14H12BrFN2O3/c1-8(17)10-7-9(16)5-6-12(10)21-13-4-2-3-11(14(13)15)18(19)20/h2-8H,17H2,1H3/t8-/m0/s1. The molecule has 0 unspecified atom stereocenters. The molecule has 0 spiro atoms. The van der Waals surface area contributed by atoms with Crippen molar-refractivity contribution in [2.45, 2.75) is 13.0 Å². The number of benzene rings is 2. The van der Waals surface area contributed by atoms with Crippen LogP contribution in [0.2, 0.25) is 0 Å². The minimum Gasteiger partial charge on any atom is -0.456 e. The molecule has 0 heterocycles. The molecule has 0 amide bonds. The van der Waals surface area contributed by atoms with Gasteiger partial charge in [0, 0.05) is 17.7 Å². The van der Waals surface area contributed by atoms with Gasteiger partial charge < -0.3 is 10.5 Å². The summed E-state index contributed by atoms with van der Waals surface area (Å²) < 4.78 is 19.2. The van der Waals surface area contributed by atoms with Crippen molar-refractivity contribution in [3.05, 3.63) is 62.4 Å². The summed E-state index contributed by atoms with van der Waals surface area (Å²) in [5.41, 5.74) is 6.15. The zero-order valence-corrected chi connectivity index (χ0v) is 12.6. The highest BCUT2D eigenvalue weighted by molar-refractivity contribution is 9.10. The summed E-state index contributed by atoms with van der Waals surface area (Å²) >= 11 is 3.14. The normalized spacial score (nSPS) is 12.0. The van der Waals surface area contributed by atoms with Crippen LogP contribution in [0.15, 0.2) is 40.9 Å². The van der Waals surface area contributed by atoms with Crippen molar-refractivity contribution < 1.29 is 14.1 Å². The predicted octanol–water partition coefficient (Wildman–Crippen LogP) is 4.31. The average Bonchev–Trinajstić information content (AvgIpc) is 2.42. The average molecular weight is 355 g/mol. The van der Waals surface area contributed by atoms with Crippen LogP contribution in [0.4, 0.5) is 10.1 Å². The SMILES string of the molecule is C[C@H](N)c1cc(F)ccc1Oc1cccc([N+](=O)[O-])c1Br. The van der Waals surface area contributed by atoms with Crippen molar-refractivity contribution in [1.29, 1.82) is 0 Å². The topological polar surface area (TPSA) is 78.4 Å². The second kappa shape index (κ2) is 6.19. The number of hydrogen-bond donors (Lipinski definition) is 1. The summed E-state index contributed by atoms with van der Waals surface area (Å²) in [4.78, 5) is 10.4. The molecule has 5 nitrogen and oxygen atoms in total. The molecule has 7 heteroatoms. The van der Waals surface area contributed by atoms with Crippen LogP contribution >= 0.6 is 15.9 Å². The molecule has 1 atom stereocenters. The van der Waals surface area contributed by atoms with Gasteiger partial charge >= 0.3 is 0 Å². The number of hydrogen-bond acceptors (Lipinski definition) is 4. The molecular weight excluding hydrogens is 343 g/mol. The molecular formula is C14H12BrFN2O3. The smallest absolute Gasteiger partial charge is 0.287 e. The maximum absolute atomic E-state index is 13.3. The van der Waals surface area contributed by atoms with Crippen LogP contribution in [0.1, 0.15) is 18.5 Å². The summed E-state index contributed by atoms with van der Waals surface area (Å²) in [6, 6.07) is 7.97. The number of rotatable bonds is 4. The van der Waals surface area contributed by atoms with E-state index in [2.05, 4.69) is 15.9 Å². The monoisotopic (exact) mass is 354 g/mol. The molecule has 2 aromatic rings. The fourth-order valence-electron chi connectivity index (χ4n) is 1.81. The third-order valence-corrected chi connectivity index (χ3v) is 3.62. The number of nitro groups is 1. The molecule has 110 valence electrons. The third kappa shape index (κ3) is 3.37. The minimum absolute atomic E-state index is 0.114. The van der Waals surface area contributed by atoms with E-state index in [-0.39, 0.29) is 15.9 Å². The van der Waals surface area contributed by atoms with Gasteiger partial charge in [-0.15, -0.1) is 0 Å². The first kappa shape index (κ1) is 15.4. The van der Waals surface area contributed by atoms with Gasteiger partial charge in [0.2, 0.25) is 0 Å². The highest BCUT2D eigenvalue weighted by Gasteiger charge is 2.18. The van der Waals surface area contributed by atoms with Crippen LogP contribution in [0.25, 0.3) is 0 Å². The number of halogens is 2. The Morgan fingerprint density at radius 3 is 2.67 bits per heavy atom. The summed E-state index contributed by atoms with van der Waals surface area (Å²) in [5.74, 6) is 0.193. The lowest BCUT2D eigenvalue weighted by atomic mass is 10.1. The first-order valence-corrected chi connectivity index (χ1v) is 6.85. The zero-order chi connectivity index (χ0) is 15.6. The molecule has 0 radical (unpaired) electrons. The van der Waals surface area contributed by atoms with Crippen molar-refractivity contribution in [2.75, 3.05) is 0 Å². The van der Waals surface area contributed by atoms with E-state index in [4.69, 9.17) is 10.5 Å². The van der Waals surface area contributed by atoms with E-state index in [9.17, 15) is 14.5 Å². The Morgan fingerprint density at radius 2 is 2.05 bits per heavy atom. The highest BCUT2D eigenvalue weighted by atomic mass is 79.9. The maximum Gasteiger partial charge on any atom is 0.287 e. The molecule has 0 aliphatic heterocycles. The third-order valence-electron chi connectivity index (χ3n) is 2.82. The zero-order valence-electron chi connectivity index (χ0n) is 11.0. The Labute approximate surface area is 128 Å². The Kier molecular flexibility index (Phi) is 4.54. The molecule has 0 bridgehead atoms. The molecule has 21 heavy (non-hydrogen) atoms. The number of nitrogens with zero attached hydrogens (tertiary/aromatic N) is 1. The van der Waals surface area contributed by atoms with Crippen LogP contribution in [0, 0.1) is 15.9 Å². The number of nitro benzene ring substituents is 1. The quantitative estimate of drug-likeness (QED) is 0.655. The second-order valence-corrected chi connectivity index (χ2v) is 5.21. The van der Waals surface area contributed by atoms with Crippen LogP contribution in [0.3, 0.4) is 0 Å². The van der Waals surface area contributed by atoms with Crippen LogP contribution < -0.4 is 10.5 Å². The van der Waals surface area contributed by atoms with Gasteiger partial charge in [0.1, 0.15) is 21.8 Å². The van der Waals surface area contributed by atoms with Crippen molar-refractivity contribution in [1.82, 2.24) is 0 Å². The summed E-state index contributed by atoms with van der Waals surface area (Å²) in [6.45, 7) is 1.70. The summed E-state index contributed by atoms with van der Waals surface area (Å²) in [5, 5.41) is 10.9. The highest BCUT2D eigenvalue weighted by Crippen LogP contribution is 2.38. The summed E-state index contributed by atoms with van der Waals surface area (Å²) in [6.07, 6.45) is 0. The van der Waals surface area contributed by atoms with Crippen molar-refractivity contribution in [3.63, 3.8) is 0 Å². The number of ether oxygens (including phenoxy) is 1.